The Hall–Kier alpha value is -1.17. The molecule has 0 aliphatic heterocycles. The minimum absolute atomic E-state index is 0.189. The number of amides is 1. The maximum Gasteiger partial charge on any atom is 0.416 e. The number of unbranched alkanes of at least 4 members (excludes halogenated alkanes) is 1. The third-order valence-corrected chi connectivity index (χ3v) is 3.95. The highest BCUT2D eigenvalue weighted by Crippen LogP contribution is 2.29. The smallest absolute Gasteiger partial charge is 0.325 e. The van der Waals surface area contributed by atoms with Gasteiger partial charge in [0.15, 0.2) is 0 Å². The molecular weight excluding hydrogens is 287 g/mol. The van der Waals surface area contributed by atoms with Gasteiger partial charge in [0.05, 0.1) is 10.8 Å². The summed E-state index contributed by atoms with van der Waals surface area (Å²) in [6, 6.07) is 4.46. The van der Waals surface area contributed by atoms with Crippen molar-refractivity contribution in [3.8, 4) is 0 Å². The molecule has 20 heavy (non-hydrogen) atoms. The van der Waals surface area contributed by atoms with E-state index in [4.69, 9.17) is 0 Å². The molecule has 0 spiro atoms. The molecule has 0 aliphatic rings. The van der Waals surface area contributed by atoms with Crippen LogP contribution in [0.25, 0.3) is 0 Å². The fourth-order valence-corrected chi connectivity index (χ4v) is 2.49. The highest BCUT2D eigenvalue weighted by Gasteiger charge is 2.30. The van der Waals surface area contributed by atoms with Gasteiger partial charge in [0.25, 0.3) is 0 Å². The molecule has 1 N–H and O–H groups in total. The average Bonchev–Trinajstić information content (AvgIpc) is 2.38. The largest absolute Gasteiger partial charge is 0.416 e. The number of carbonyl (C=O) groups excluding carboxylic acids is 1. The lowest BCUT2D eigenvalue weighted by Crippen LogP contribution is -2.22. The minimum atomic E-state index is -4.36. The number of halogens is 3. The van der Waals surface area contributed by atoms with Gasteiger partial charge in [-0.2, -0.15) is 13.2 Å². The van der Waals surface area contributed by atoms with Gasteiger partial charge in [-0.25, -0.2) is 0 Å². The maximum atomic E-state index is 12.4. The summed E-state index contributed by atoms with van der Waals surface area (Å²) >= 11 is 1.54. The predicted molar refractivity (Wildman–Crippen MR) is 76.9 cm³/mol. The van der Waals surface area contributed by atoms with Crippen LogP contribution in [0, 0.1) is 0 Å². The third-order valence-electron chi connectivity index (χ3n) is 2.71. The molecule has 112 valence electrons. The summed E-state index contributed by atoms with van der Waals surface area (Å²) in [5, 5.41) is 2.40. The molecule has 0 aromatic heterocycles. The number of rotatable bonds is 6. The fourth-order valence-electron chi connectivity index (χ4n) is 1.47. The quantitative estimate of drug-likeness (QED) is 0.780. The van der Waals surface area contributed by atoms with Crippen molar-refractivity contribution < 1.29 is 18.0 Å². The van der Waals surface area contributed by atoms with Crippen LogP contribution in [-0.4, -0.2) is 16.9 Å². The van der Waals surface area contributed by atoms with Gasteiger partial charge in [-0.3, -0.25) is 4.79 Å². The predicted octanol–water partition coefficient (Wildman–Crippen LogP) is 4.57. The Morgan fingerprint density at radius 2 is 1.90 bits per heavy atom. The Labute approximate surface area is 121 Å². The molecule has 0 aliphatic carbocycles. The van der Waals surface area contributed by atoms with Crippen LogP contribution in [0.5, 0.6) is 0 Å². The highest BCUT2D eigenvalue weighted by molar-refractivity contribution is 8.00. The van der Waals surface area contributed by atoms with Gasteiger partial charge in [-0.05, 0) is 43.4 Å². The van der Waals surface area contributed by atoms with Gasteiger partial charge in [-0.1, -0.05) is 13.3 Å². The van der Waals surface area contributed by atoms with Crippen LogP contribution in [0.4, 0.5) is 18.9 Å². The summed E-state index contributed by atoms with van der Waals surface area (Å²) in [7, 11) is 0. The number of thioether (sulfide) groups is 1. The first kappa shape index (κ1) is 16.9. The number of carbonyl (C=O) groups is 1. The Balaban J connectivity index is 2.54. The standard InChI is InChI=1S/C14H18F3NOS/c1-3-4-9-20-10(2)13(19)18-12-7-5-11(6-8-12)14(15,16)17/h5-8,10H,3-4,9H2,1-2H3,(H,18,19). The molecule has 0 saturated carbocycles. The second-order valence-electron chi connectivity index (χ2n) is 4.43. The van der Waals surface area contributed by atoms with E-state index in [1.54, 1.807) is 18.7 Å². The van der Waals surface area contributed by atoms with Gasteiger partial charge in [0.1, 0.15) is 0 Å². The van der Waals surface area contributed by atoms with Crippen LogP contribution in [0.1, 0.15) is 32.3 Å². The molecule has 2 nitrogen and oxygen atoms in total. The molecule has 6 heteroatoms. The first-order valence-electron chi connectivity index (χ1n) is 6.44. The lowest BCUT2D eigenvalue weighted by atomic mass is 10.2. The summed E-state index contributed by atoms with van der Waals surface area (Å²) in [6.45, 7) is 3.87. The number of hydrogen-bond donors (Lipinski definition) is 1. The maximum absolute atomic E-state index is 12.4. The molecule has 1 aromatic rings. The van der Waals surface area contributed by atoms with E-state index in [1.807, 2.05) is 0 Å². The summed E-state index contributed by atoms with van der Waals surface area (Å²) in [6.07, 6.45) is -2.24. The normalized spacial score (nSPS) is 13.1. The van der Waals surface area contributed by atoms with Gasteiger partial charge in [0, 0.05) is 5.69 Å². The van der Waals surface area contributed by atoms with Crippen LogP contribution < -0.4 is 5.32 Å². The minimum Gasteiger partial charge on any atom is -0.325 e. The van der Waals surface area contributed by atoms with Crippen molar-refractivity contribution in [1.82, 2.24) is 0 Å². The topological polar surface area (TPSA) is 29.1 Å². The van der Waals surface area contributed by atoms with E-state index in [0.717, 1.165) is 30.7 Å². The van der Waals surface area contributed by atoms with E-state index in [1.165, 1.54) is 12.1 Å². The SMILES string of the molecule is CCCCSC(C)C(=O)Nc1ccc(C(F)(F)F)cc1. The Bertz CT molecular complexity index is 431. The lowest BCUT2D eigenvalue weighted by molar-refractivity contribution is -0.137. The van der Waals surface area contributed by atoms with Crippen molar-refractivity contribution >= 4 is 23.4 Å². The van der Waals surface area contributed by atoms with E-state index in [2.05, 4.69) is 12.2 Å². The summed E-state index contributed by atoms with van der Waals surface area (Å²) < 4.78 is 37.2. The van der Waals surface area contributed by atoms with E-state index >= 15 is 0 Å². The summed E-state index contributed by atoms with van der Waals surface area (Å²) in [4.78, 5) is 11.8. The number of hydrogen-bond acceptors (Lipinski definition) is 2. The third kappa shape index (κ3) is 5.45. The molecule has 1 atom stereocenters. The molecule has 1 rings (SSSR count). The van der Waals surface area contributed by atoms with Crippen LogP contribution >= 0.6 is 11.8 Å². The fraction of sp³-hybridized carbons (Fsp3) is 0.500. The lowest BCUT2D eigenvalue weighted by Gasteiger charge is -2.12. The van der Waals surface area contributed by atoms with Crippen molar-refractivity contribution in [3.05, 3.63) is 29.8 Å². The molecule has 0 heterocycles. The number of alkyl halides is 3. The molecular formula is C14H18F3NOS. The van der Waals surface area contributed by atoms with Crippen molar-refractivity contribution in [2.75, 3.05) is 11.1 Å². The molecule has 1 unspecified atom stereocenters. The van der Waals surface area contributed by atoms with Crippen LogP contribution in [0.2, 0.25) is 0 Å². The van der Waals surface area contributed by atoms with Gasteiger partial charge < -0.3 is 5.32 Å². The van der Waals surface area contributed by atoms with Crippen molar-refractivity contribution in [2.24, 2.45) is 0 Å². The Kier molecular flexibility index (Phi) is 6.39. The molecule has 1 amide bonds. The zero-order valence-electron chi connectivity index (χ0n) is 11.5. The first-order chi connectivity index (χ1) is 9.34. The Morgan fingerprint density at radius 3 is 2.40 bits per heavy atom. The van der Waals surface area contributed by atoms with E-state index in [-0.39, 0.29) is 11.2 Å². The van der Waals surface area contributed by atoms with Gasteiger partial charge in [0.2, 0.25) is 5.91 Å². The molecule has 0 saturated heterocycles. The zero-order chi connectivity index (χ0) is 15.2. The Morgan fingerprint density at radius 1 is 1.30 bits per heavy atom. The van der Waals surface area contributed by atoms with E-state index in [9.17, 15) is 18.0 Å². The van der Waals surface area contributed by atoms with Crippen molar-refractivity contribution in [2.45, 2.75) is 38.1 Å². The second kappa shape index (κ2) is 7.57. The van der Waals surface area contributed by atoms with Crippen LogP contribution in [0.15, 0.2) is 24.3 Å². The van der Waals surface area contributed by atoms with Crippen molar-refractivity contribution in [3.63, 3.8) is 0 Å². The summed E-state index contributed by atoms with van der Waals surface area (Å²) in [5.74, 6) is 0.712. The summed E-state index contributed by atoms with van der Waals surface area (Å²) in [5.41, 5.74) is -0.341. The zero-order valence-corrected chi connectivity index (χ0v) is 12.3. The molecule has 0 radical (unpaired) electrons. The molecule has 0 fully saturated rings. The van der Waals surface area contributed by atoms with Gasteiger partial charge >= 0.3 is 6.18 Å². The van der Waals surface area contributed by atoms with E-state index in [0.29, 0.717) is 5.69 Å². The molecule has 0 bridgehead atoms. The molecule has 1 aromatic carbocycles. The van der Waals surface area contributed by atoms with Crippen LogP contribution in [-0.2, 0) is 11.0 Å². The van der Waals surface area contributed by atoms with E-state index < -0.39 is 11.7 Å². The first-order valence-corrected chi connectivity index (χ1v) is 7.49. The second-order valence-corrected chi connectivity index (χ2v) is 5.88. The van der Waals surface area contributed by atoms with Crippen molar-refractivity contribution in [1.29, 1.82) is 0 Å². The number of nitrogens with one attached hydrogen (secondary N) is 1. The highest BCUT2D eigenvalue weighted by atomic mass is 32.2. The number of anilines is 1. The van der Waals surface area contributed by atoms with Gasteiger partial charge in [-0.15, -0.1) is 11.8 Å². The number of benzene rings is 1. The average molecular weight is 305 g/mol. The van der Waals surface area contributed by atoms with Crippen LogP contribution in [0.3, 0.4) is 0 Å². The monoisotopic (exact) mass is 305 g/mol.